The highest BCUT2D eigenvalue weighted by molar-refractivity contribution is 5.83. The van der Waals surface area contributed by atoms with Crippen molar-refractivity contribution in [2.75, 3.05) is 5.32 Å². The largest absolute Gasteiger partial charge is 0.465 e. The fraction of sp³-hybridized carbons (Fsp3) is 0.222. The average molecular weight is 253 g/mol. The lowest BCUT2D eigenvalue weighted by molar-refractivity contribution is -0.138. The number of hydrogen-bond acceptors (Lipinski definition) is 2. The average Bonchev–Trinajstić information content (AvgIpc) is 2.18. The second kappa shape index (κ2) is 4.58. The van der Waals surface area contributed by atoms with Crippen molar-refractivity contribution in [2.45, 2.75) is 12.8 Å². The first-order valence-electron chi connectivity index (χ1n) is 4.26. The number of aliphatic hydroxyl groups is 1. The van der Waals surface area contributed by atoms with Gasteiger partial charge in [0.25, 0.3) is 0 Å². The zero-order valence-electron chi connectivity index (χ0n) is 8.18. The van der Waals surface area contributed by atoms with Crippen LogP contribution in [0.5, 0.6) is 0 Å². The molecule has 0 atom stereocenters. The summed E-state index contributed by atoms with van der Waals surface area (Å²) in [6, 6.07) is 0.739. The van der Waals surface area contributed by atoms with E-state index in [9.17, 15) is 22.4 Å². The maximum absolute atomic E-state index is 13.2. The Morgan fingerprint density at radius 2 is 1.94 bits per heavy atom. The van der Waals surface area contributed by atoms with E-state index in [4.69, 9.17) is 10.2 Å². The third-order valence-electron chi connectivity index (χ3n) is 1.91. The summed E-state index contributed by atoms with van der Waals surface area (Å²) in [6.07, 6.45) is -6.49. The Hall–Kier alpha value is -1.83. The molecule has 0 aliphatic rings. The van der Waals surface area contributed by atoms with Crippen LogP contribution in [0.3, 0.4) is 0 Å². The van der Waals surface area contributed by atoms with Crippen molar-refractivity contribution < 1.29 is 32.6 Å². The van der Waals surface area contributed by atoms with Crippen LogP contribution >= 0.6 is 0 Å². The lowest BCUT2D eigenvalue weighted by Gasteiger charge is -2.13. The Balaban J connectivity index is 3.32. The Labute approximate surface area is 92.5 Å². The smallest absolute Gasteiger partial charge is 0.416 e. The summed E-state index contributed by atoms with van der Waals surface area (Å²) < 4.78 is 50.6. The molecule has 0 bridgehead atoms. The third-order valence-corrected chi connectivity index (χ3v) is 1.91. The molecule has 0 fully saturated rings. The van der Waals surface area contributed by atoms with Gasteiger partial charge in [-0.25, -0.2) is 9.18 Å². The van der Waals surface area contributed by atoms with E-state index in [0.717, 1.165) is 0 Å². The SMILES string of the molecule is O=C(O)Nc1cc(C(F)(F)F)c(CO)cc1F. The van der Waals surface area contributed by atoms with Crippen LogP contribution in [0, 0.1) is 5.82 Å². The number of nitrogens with one attached hydrogen (secondary N) is 1. The van der Waals surface area contributed by atoms with Crippen molar-refractivity contribution in [1.82, 2.24) is 0 Å². The van der Waals surface area contributed by atoms with Crippen molar-refractivity contribution in [2.24, 2.45) is 0 Å². The summed E-state index contributed by atoms with van der Waals surface area (Å²) >= 11 is 0. The Bertz CT molecular complexity index is 445. The van der Waals surface area contributed by atoms with Crippen molar-refractivity contribution >= 4 is 11.8 Å². The number of carboxylic acid groups (broad SMARTS) is 1. The second-order valence-corrected chi connectivity index (χ2v) is 3.08. The second-order valence-electron chi connectivity index (χ2n) is 3.08. The number of rotatable bonds is 2. The molecule has 8 heteroatoms. The molecule has 3 N–H and O–H groups in total. The lowest BCUT2D eigenvalue weighted by atomic mass is 10.1. The molecule has 4 nitrogen and oxygen atoms in total. The summed E-state index contributed by atoms with van der Waals surface area (Å²) in [5.41, 5.74) is -2.77. The Morgan fingerprint density at radius 3 is 2.35 bits per heavy atom. The minimum atomic E-state index is -4.80. The van der Waals surface area contributed by atoms with Crippen molar-refractivity contribution in [3.63, 3.8) is 0 Å². The summed E-state index contributed by atoms with van der Waals surface area (Å²) in [5.74, 6) is -1.19. The monoisotopic (exact) mass is 253 g/mol. The van der Waals surface area contributed by atoms with E-state index in [0.29, 0.717) is 12.1 Å². The van der Waals surface area contributed by atoms with Gasteiger partial charge in [-0.3, -0.25) is 5.32 Å². The third kappa shape index (κ3) is 3.06. The quantitative estimate of drug-likeness (QED) is 0.709. The predicted octanol–water partition coefficient (Wildman–Crippen LogP) is 2.43. The van der Waals surface area contributed by atoms with Gasteiger partial charge >= 0.3 is 12.3 Å². The maximum atomic E-state index is 13.2. The number of aliphatic hydroxyl groups excluding tert-OH is 1. The number of carbonyl (C=O) groups is 1. The normalized spacial score (nSPS) is 11.4. The van der Waals surface area contributed by atoms with E-state index in [2.05, 4.69) is 0 Å². The van der Waals surface area contributed by atoms with Crippen molar-refractivity contribution in [3.8, 4) is 0 Å². The lowest BCUT2D eigenvalue weighted by Crippen LogP contribution is -2.14. The maximum Gasteiger partial charge on any atom is 0.416 e. The van der Waals surface area contributed by atoms with E-state index in [1.54, 1.807) is 0 Å². The molecule has 0 aliphatic carbocycles. The van der Waals surface area contributed by atoms with Gasteiger partial charge in [-0.15, -0.1) is 0 Å². The van der Waals surface area contributed by atoms with E-state index in [1.165, 1.54) is 5.32 Å². The van der Waals surface area contributed by atoms with E-state index < -0.39 is 41.5 Å². The number of amides is 1. The topological polar surface area (TPSA) is 69.6 Å². The van der Waals surface area contributed by atoms with E-state index >= 15 is 0 Å². The molecule has 0 radical (unpaired) electrons. The van der Waals surface area contributed by atoms with Crippen LogP contribution in [0.15, 0.2) is 12.1 Å². The summed E-state index contributed by atoms with van der Waals surface area (Å²) in [7, 11) is 0. The molecule has 0 unspecified atom stereocenters. The fourth-order valence-electron chi connectivity index (χ4n) is 1.22. The molecule has 0 saturated carbocycles. The van der Waals surface area contributed by atoms with Crippen LogP contribution in [-0.2, 0) is 12.8 Å². The van der Waals surface area contributed by atoms with Crippen LogP contribution in [0.25, 0.3) is 0 Å². The molecule has 0 spiro atoms. The van der Waals surface area contributed by atoms with Gasteiger partial charge in [-0.05, 0) is 17.7 Å². The highest BCUT2D eigenvalue weighted by atomic mass is 19.4. The van der Waals surface area contributed by atoms with Crippen LogP contribution in [-0.4, -0.2) is 16.3 Å². The van der Waals surface area contributed by atoms with Gasteiger partial charge in [-0.2, -0.15) is 13.2 Å². The number of alkyl halides is 3. The summed E-state index contributed by atoms with van der Waals surface area (Å²) in [6.45, 7) is -1.00. The standard InChI is InChI=1S/C9H7F4NO3/c10-6-1-4(3-15)5(9(11,12)13)2-7(6)14-8(16)17/h1-2,14-15H,3H2,(H,16,17). The number of hydrogen-bond donors (Lipinski definition) is 3. The highest BCUT2D eigenvalue weighted by Gasteiger charge is 2.34. The van der Waals surface area contributed by atoms with Gasteiger partial charge in [0.15, 0.2) is 0 Å². The van der Waals surface area contributed by atoms with Gasteiger partial charge in [0.05, 0.1) is 17.9 Å². The first kappa shape index (κ1) is 13.2. The van der Waals surface area contributed by atoms with Crippen LogP contribution in [0.4, 0.5) is 28.0 Å². The molecule has 1 aromatic rings. The zero-order valence-corrected chi connectivity index (χ0v) is 8.18. The molecular formula is C9H7F4NO3. The predicted molar refractivity (Wildman–Crippen MR) is 49.0 cm³/mol. The fourth-order valence-corrected chi connectivity index (χ4v) is 1.22. The molecule has 1 aromatic carbocycles. The summed E-state index contributed by atoms with van der Waals surface area (Å²) in [5, 5.41) is 18.5. The number of halogens is 4. The minimum Gasteiger partial charge on any atom is -0.465 e. The van der Waals surface area contributed by atoms with Crippen LogP contribution in [0.2, 0.25) is 0 Å². The summed E-state index contributed by atoms with van der Waals surface area (Å²) in [4.78, 5) is 10.2. The van der Waals surface area contributed by atoms with Gasteiger partial charge in [0.1, 0.15) is 5.82 Å². The molecule has 0 heterocycles. The van der Waals surface area contributed by atoms with Crippen molar-refractivity contribution in [1.29, 1.82) is 0 Å². The first-order chi connectivity index (χ1) is 7.75. The molecule has 1 rings (SSSR count). The van der Waals surface area contributed by atoms with Crippen LogP contribution < -0.4 is 5.32 Å². The van der Waals surface area contributed by atoms with E-state index in [-0.39, 0.29) is 0 Å². The molecule has 1 amide bonds. The minimum absolute atomic E-state index is 0.301. The highest BCUT2D eigenvalue weighted by Crippen LogP contribution is 2.35. The van der Waals surface area contributed by atoms with Gasteiger partial charge in [0, 0.05) is 0 Å². The molecule has 17 heavy (non-hydrogen) atoms. The molecular weight excluding hydrogens is 246 g/mol. The van der Waals surface area contributed by atoms with Crippen molar-refractivity contribution in [3.05, 3.63) is 29.1 Å². The van der Waals surface area contributed by atoms with Crippen LogP contribution in [0.1, 0.15) is 11.1 Å². The molecule has 0 aliphatic heterocycles. The molecule has 0 aromatic heterocycles. The van der Waals surface area contributed by atoms with Gasteiger partial charge < -0.3 is 10.2 Å². The first-order valence-corrected chi connectivity index (χ1v) is 4.26. The Kier molecular flexibility index (Phi) is 3.56. The Morgan fingerprint density at radius 1 is 1.35 bits per heavy atom. The molecule has 94 valence electrons. The van der Waals surface area contributed by atoms with Gasteiger partial charge in [0.2, 0.25) is 0 Å². The van der Waals surface area contributed by atoms with Gasteiger partial charge in [-0.1, -0.05) is 0 Å². The molecule has 0 saturated heterocycles. The number of anilines is 1. The van der Waals surface area contributed by atoms with E-state index in [1.807, 2.05) is 0 Å². The number of benzene rings is 1. The zero-order chi connectivity index (χ0) is 13.2.